The normalized spacial score (nSPS) is 10.6. The summed E-state index contributed by atoms with van der Waals surface area (Å²) in [5.41, 5.74) is 4.87. The van der Waals surface area contributed by atoms with Gasteiger partial charge in [0.15, 0.2) is 11.5 Å². The number of nitrogens with zero attached hydrogens (tertiary/aromatic N) is 1. The van der Waals surface area contributed by atoms with E-state index in [0.717, 1.165) is 11.1 Å². The van der Waals surface area contributed by atoms with Crippen LogP contribution in [0.25, 0.3) is 0 Å². The Morgan fingerprint density at radius 1 is 1.08 bits per heavy atom. The van der Waals surface area contributed by atoms with E-state index in [2.05, 4.69) is 10.5 Å². The number of aryl methyl sites for hydroxylation is 1. The van der Waals surface area contributed by atoms with E-state index < -0.39 is 0 Å². The van der Waals surface area contributed by atoms with E-state index >= 15 is 0 Å². The zero-order valence-electron chi connectivity index (χ0n) is 14.2. The van der Waals surface area contributed by atoms with Crippen molar-refractivity contribution in [3.63, 3.8) is 0 Å². The van der Waals surface area contributed by atoms with Crippen LogP contribution in [-0.2, 0) is 0 Å². The van der Waals surface area contributed by atoms with E-state index in [4.69, 9.17) is 9.47 Å². The van der Waals surface area contributed by atoms with Gasteiger partial charge >= 0.3 is 0 Å². The molecule has 0 aliphatic rings. The molecule has 0 heterocycles. The van der Waals surface area contributed by atoms with Crippen LogP contribution in [0.1, 0.15) is 35.3 Å². The number of amides is 1. The van der Waals surface area contributed by atoms with Gasteiger partial charge < -0.3 is 9.47 Å². The molecule has 0 spiro atoms. The number of benzene rings is 2. The molecule has 0 aromatic heterocycles. The first-order valence-corrected chi connectivity index (χ1v) is 7.94. The lowest BCUT2D eigenvalue weighted by Crippen LogP contribution is -2.18. The molecule has 2 aromatic rings. The highest BCUT2D eigenvalue weighted by atomic mass is 16.5. The van der Waals surface area contributed by atoms with Crippen molar-refractivity contribution in [1.29, 1.82) is 0 Å². The average molecular weight is 326 g/mol. The Bertz CT molecular complexity index is 726. The van der Waals surface area contributed by atoms with Gasteiger partial charge in [0.2, 0.25) is 0 Å². The van der Waals surface area contributed by atoms with Crippen LogP contribution in [0.5, 0.6) is 11.5 Å². The summed E-state index contributed by atoms with van der Waals surface area (Å²) in [4.78, 5) is 12.1. The third kappa shape index (κ3) is 4.59. The summed E-state index contributed by atoms with van der Waals surface area (Å²) in [5, 5.41) is 4.02. The Morgan fingerprint density at radius 3 is 2.50 bits per heavy atom. The molecule has 0 fully saturated rings. The molecule has 126 valence electrons. The molecular weight excluding hydrogens is 304 g/mol. The van der Waals surface area contributed by atoms with Gasteiger partial charge in [-0.3, -0.25) is 4.79 Å². The predicted molar refractivity (Wildman–Crippen MR) is 95.0 cm³/mol. The summed E-state index contributed by atoms with van der Waals surface area (Å²) in [6.07, 6.45) is 1.58. The summed E-state index contributed by atoms with van der Waals surface area (Å²) in [7, 11) is 0. The zero-order valence-corrected chi connectivity index (χ0v) is 14.2. The molecule has 0 unspecified atom stereocenters. The minimum Gasteiger partial charge on any atom is -0.490 e. The van der Waals surface area contributed by atoms with Crippen molar-refractivity contribution in [2.75, 3.05) is 13.2 Å². The van der Waals surface area contributed by atoms with Crippen molar-refractivity contribution in [2.45, 2.75) is 20.8 Å². The summed E-state index contributed by atoms with van der Waals surface area (Å²) in [6, 6.07) is 12.9. The van der Waals surface area contributed by atoms with Crippen molar-refractivity contribution in [3.8, 4) is 11.5 Å². The van der Waals surface area contributed by atoms with Crippen molar-refractivity contribution in [3.05, 3.63) is 59.2 Å². The Hall–Kier alpha value is -2.82. The van der Waals surface area contributed by atoms with Crippen LogP contribution >= 0.6 is 0 Å². The molecule has 1 amide bonds. The fraction of sp³-hybridized carbons (Fsp3) is 0.263. The number of carbonyl (C=O) groups excluding carboxylic acids is 1. The van der Waals surface area contributed by atoms with Crippen molar-refractivity contribution in [1.82, 2.24) is 5.43 Å². The highest BCUT2D eigenvalue weighted by molar-refractivity contribution is 5.96. The molecule has 0 atom stereocenters. The van der Waals surface area contributed by atoms with Gasteiger partial charge in [-0.2, -0.15) is 5.10 Å². The smallest absolute Gasteiger partial charge is 0.271 e. The van der Waals surface area contributed by atoms with Crippen molar-refractivity contribution in [2.24, 2.45) is 5.10 Å². The molecule has 1 N–H and O–H groups in total. The molecule has 0 bridgehead atoms. The van der Waals surface area contributed by atoms with Gasteiger partial charge in [0.1, 0.15) is 0 Å². The Morgan fingerprint density at radius 2 is 1.79 bits per heavy atom. The molecule has 5 heteroatoms. The molecule has 0 saturated carbocycles. The molecule has 2 rings (SSSR count). The zero-order chi connectivity index (χ0) is 17.4. The first kappa shape index (κ1) is 17.5. The quantitative estimate of drug-likeness (QED) is 0.625. The van der Waals surface area contributed by atoms with E-state index in [1.807, 2.05) is 57.2 Å². The maximum Gasteiger partial charge on any atom is 0.271 e. The average Bonchev–Trinajstić information content (AvgIpc) is 2.58. The summed E-state index contributed by atoms with van der Waals surface area (Å²) >= 11 is 0. The summed E-state index contributed by atoms with van der Waals surface area (Å²) in [5.74, 6) is 1.12. The minimum absolute atomic E-state index is 0.236. The molecule has 2 aromatic carbocycles. The lowest BCUT2D eigenvalue weighted by atomic mass is 10.1. The first-order valence-electron chi connectivity index (χ1n) is 7.94. The van der Waals surface area contributed by atoms with Crippen LogP contribution in [0.3, 0.4) is 0 Å². The lowest BCUT2D eigenvalue weighted by Gasteiger charge is -2.11. The number of rotatable bonds is 7. The molecule has 0 aliphatic heterocycles. The van der Waals surface area contributed by atoms with Crippen LogP contribution in [0.2, 0.25) is 0 Å². The number of ether oxygens (including phenoxy) is 2. The number of nitrogens with one attached hydrogen (secondary N) is 1. The summed E-state index contributed by atoms with van der Waals surface area (Å²) in [6.45, 7) is 6.84. The second-order valence-corrected chi connectivity index (χ2v) is 5.09. The maximum atomic E-state index is 12.1. The minimum atomic E-state index is -0.236. The topological polar surface area (TPSA) is 59.9 Å². The SMILES string of the molecule is CCOc1ccc(/C=N/NC(=O)c2ccccc2C)cc1OCC. The largest absolute Gasteiger partial charge is 0.490 e. The highest BCUT2D eigenvalue weighted by Gasteiger charge is 2.07. The number of hydrogen-bond donors (Lipinski definition) is 1. The number of hydrogen-bond acceptors (Lipinski definition) is 4. The standard InChI is InChI=1S/C19H22N2O3/c1-4-23-17-11-10-15(12-18(17)24-5-2)13-20-21-19(22)16-9-7-6-8-14(16)3/h6-13H,4-5H2,1-3H3,(H,21,22)/b20-13+. The molecule has 0 aliphatic carbocycles. The molecule has 0 saturated heterocycles. The van der Waals surface area contributed by atoms with Gasteiger partial charge in [0.25, 0.3) is 5.91 Å². The van der Waals surface area contributed by atoms with E-state index in [-0.39, 0.29) is 5.91 Å². The Kier molecular flexibility index (Phi) is 6.37. The van der Waals surface area contributed by atoms with Crippen molar-refractivity contribution < 1.29 is 14.3 Å². The van der Waals surface area contributed by atoms with Gasteiger partial charge in [-0.25, -0.2) is 5.43 Å². The monoisotopic (exact) mass is 326 g/mol. The number of hydrazone groups is 1. The second-order valence-electron chi connectivity index (χ2n) is 5.09. The van der Waals surface area contributed by atoms with Gasteiger partial charge in [0, 0.05) is 5.56 Å². The van der Waals surface area contributed by atoms with E-state index in [1.165, 1.54) is 0 Å². The first-order chi connectivity index (χ1) is 11.7. The van der Waals surface area contributed by atoms with Crippen LogP contribution < -0.4 is 14.9 Å². The fourth-order valence-electron chi connectivity index (χ4n) is 2.20. The summed E-state index contributed by atoms with van der Waals surface area (Å²) < 4.78 is 11.1. The molecule has 5 nitrogen and oxygen atoms in total. The van der Waals surface area contributed by atoms with E-state index in [1.54, 1.807) is 12.3 Å². The second kappa shape index (κ2) is 8.72. The van der Waals surface area contributed by atoms with Crippen LogP contribution in [0.15, 0.2) is 47.6 Å². The molecular formula is C19H22N2O3. The van der Waals surface area contributed by atoms with Crippen LogP contribution in [-0.4, -0.2) is 25.3 Å². The number of carbonyl (C=O) groups is 1. The van der Waals surface area contributed by atoms with E-state index in [0.29, 0.717) is 30.3 Å². The maximum absolute atomic E-state index is 12.1. The molecule has 0 radical (unpaired) electrons. The van der Waals surface area contributed by atoms with Crippen molar-refractivity contribution >= 4 is 12.1 Å². The highest BCUT2D eigenvalue weighted by Crippen LogP contribution is 2.27. The van der Waals surface area contributed by atoms with E-state index in [9.17, 15) is 4.79 Å². The van der Waals surface area contributed by atoms with Crippen LogP contribution in [0, 0.1) is 6.92 Å². The lowest BCUT2D eigenvalue weighted by molar-refractivity contribution is 0.0954. The van der Waals surface area contributed by atoms with Crippen LogP contribution in [0.4, 0.5) is 0 Å². The predicted octanol–water partition coefficient (Wildman–Crippen LogP) is 3.56. The Balaban J connectivity index is 2.07. The van der Waals surface area contributed by atoms with Gasteiger partial charge in [0.05, 0.1) is 19.4 Å². The van der Waals surface area contributed by atoms with Gasteiger partial charge in [-0.15, -0.1) is 0 Å². The molecule has 24 heavy (non-hydrogen) atoms. The Labute approximate surface area is 142 Å². The van der Waals surface area contributed by atoms with Gasteiger partial charge in [-0.05, 0) is 56.2 Å². The third-order valence-corrected chi connectivity index (χ3v) is 3.34. The third-order valence-electron chi connectivity index (χ3n) is 3.34. The fourth-order valence-corrected chi connectivity index (χ4v) is 2.20. The van der Waals surface area contributed by atoms with Gasteiger partial charge in [-0.1, -0.05) is 18.2 Å².